The number of alkyl halides is 3. The first kappa shape index (κ1) is 20.9. The summed E-state index contributed by atoms with van der Waals surface area (Å²) >= 11 is 0. The second kappa shape index (κ2) is 8.41. The topological polar surface area (TPSA) is 42.4 Å². The van der Waals surface area contributed by atoms with Crippen molar-refractivity contribution in [3.05, 3.63) is 94.3 Å². The molecule has 1 amide bonds. The Bertz CT molecular complexity index is 1080. The van der Waals surface area contributed by atoms with Gasteiger partial charge in [0.05, 0.1) is 0 Å². The fourth-order valence-corrected chi connectivity index (χ4v) is 3.93. The first-order chi connectivity index (χ1) is 14.8. The maximum Gasteiger partial charge on any atom is 0.573 e. The normalized spacial score (nSPS) is 13.4. The molecule has 4 nitrogen and oxygen atoms in total. The molecular weight excluding hydrogens is 405 g/mol. The zero-order chi connectivity index (χ0) is 22.0. The van der Waals surface area contributed by atoms with E-state index in [0.717, 1.165) is 40.7 Å². The molecule has 2 heterocycles. The molecule has 0 aliphatic carbocycles. The van der Waals surface area contributed by atoms with E-state index in [1.807, 2.05) is 25.3 Å². The van der Waals surface area contributed by atoms with Gasteiger partial charge in [0.1, 0.15) is 5.75 Å². The predicted octanol–water partition coefficient (Wildman–Crippen LogP) is 5.23. The number of aryl methyl sites for hydroxylation is 3. The molecule has 0 saturated heterocycles. The number of hydrogen-bond acceptors (Lipinski definition) is 3. The number of hydrogen-bond donors (Lipinski definition) is 0. The van der Waals surface area contributed by atoms with Gasteiger partial charge in [-0.3, -0.25) is 9.78 Å². The molecule has 1 aliphatic heterocycles. The highest BCUT2D eigenvalue weighted by Gasteiger charge is 2.31. The van der Waals surface area contributed by atoms with Crippen molar-refractivity contribution in [2.24, 2.45) is 0 Å². The van der Waals surface area contributed by atoms with E-state index >= 15 is 0 Å². The number of aromatic nitrogens is 1. The Labute approximate surface area is 178 Å². The summed E-state index contributed by atoms with van der Waals surface area (Å²) in [5, 5.41) is 0. The molecule has 0 fully saturated rings. The van der Waals surface area contributed by atoms with Gasteiger partial charge in [0.2, 0.25) is 0 Å². The number of carbonyl (C=O) groups is 1. The zero-order valence-electron chi connectivity index (χ0n) is 16.9. The third-order valence-corrected chi connectivity index (χ3v) is 5.29. The van der Waals surface area contributed by atoms with Gasteiger partial charge in [-0.1, -0.05) is 30.3 Å². The van der Waals surface area contributed by atoms with E-state index in [4.69, 9.17) is 0 Å². The van der Waals surface area contributed by atoms with E-state index in [0.29, 0.717) is 13.1 Å². The molecule has 2 aromatic carbocycles. The Morgan fingerprint density at radius 2 is 1.77 bits per heavy atom. The van der Waals surface area contributed by atoms with Crippen molar-refractivity contribution in [3.63, 3.8) is 0 Å². The summed E-state index contributed by atoms with van der Waals surface area (Å²) in [6.07, 6.45) is 0.613. The molecule has 4 rings (SSSR count). The molecular formula is C24H21F3N2O2. The second-order valence-corrected chi connectivity index (χ2v) is 7.66. The molecule has 1 aliphatic rings. The minimum atomic E-state index is -4.72. The molecule has 0 saturated carbocycles. The monoisotopic (exact) mass is 426 g/mol. The first-order valence-corrected chi connectivity index (χ1v) is 9.94. The molecule has 0 spiro atoms. The number of carbonyl (C=O) groups excluding carboxylic acids is 1. The number of nitrogens with zero attached hydrogens (tertiary/aromatic N) is 2. The van der Waals surface area contributed by atoms with Crippen molar-refractivity contribution < 1.29 is 22.7 Å². The highest BCUT2D eigenvalue weighted by atomic mass is 19.4. The SMILES string of the molecule is Cc1cc(CCc2cccnc2)cc2c1C(=O)N(Cc1ccc(OC(F)(F)F)cc1)C2. The van der Waals surface area contributed by atoms with E-state index in [1.165, 1.54) is 17.7 Å². The van der Waals surface area contributed by atoms with Crippen molar-refractivity contribution in [2.45, 2.75) is 39.2 Å². The second-order valence-electron chi connectivity index (χ2n) is 7.66. The van der Waals surface area contributed by atoms with E-state index in [1.54, 1.807) is 23.2 Å². The Morgan fingerprint density at radius 1 is 1.03 bits per heavy atom. The first-order valence-electron chi connectivity index (χ1n) is 9.94. The van der Waals surface area contributed by atoms with Gasteiger partial charge in [0.25, 0.3) is 5.91 Å². The van der Waals surface area contributed by atoms with Crippen LogP contribution < -0.4 is 4.74 Å². The van der Waals surface area contributed by atoms with Crippen molar-refractivity contribution in [2.75, 3.05) is 0 Å². The van der Waals surface area contributed by atoms with E-state index < -0.39 is 6.36 Å². The van der Waals surface area contributed by atoms with Gasteiger partial charge in [-0.25, -0.2) is 0 Å². The van der Waals surface area contributed by atoms with Gasteiger partial charge in [0, 0.05) is 31.0 Å². The minimum Gasteiger partial charge on any atom is -0.406 e. The molecule has 0 N–H and O–H groups in total. The van der Waals surface area contributed by atoms with Gasteiger partial charge >= 0.3 is 6.36 Å². The Balaban J connectivity index is 1.44. The van der Waals surface area contributed by atoms with Crippen LogP contribution in [-0.4, -0.2) is 22.2 Å². The lowest BCUT2D eigenvalue weighted by Gasteiger charge is -2.16. The maximum absolute atomic E-state index is 12.9. The molecule has 0 bridgehead atoms. The standard InChI is InChI=1S/C24H21F3N2O2/c1-16-11-19(5-4-17-3-2-10-28-13-17)12-20-15-29(23(30)22(16)20)14-18-6-8-21(9-7-18)31-24(25,26)27/h2-3,6-13H,4-5,14-15H2,1H3. The number of ether oxygens (including phenoxy) is 1. The van der Waals surface area contributed by atoms with Crippen LogP contribution in [0.15, 0.2) is 60.9 Å². The molecule has 3 aromatic rings. The average molecular weight is 426 g/mol. The fourth-order valence-electron chi connectivity index (χ4n) is 3.93. The van der Waals surface area contributed by atoms with Gasteiger partial charge in [0.15, 0.2) is 0 Å². The molecule has 0 radical (unpaired) electrons. The average Bonchev–Trinajstić information content (AvgIpc) is 3.03. The Hall–Kier alpha value is -3.35. The van der Waals surface area contributed by atoms with Crippen LogP contribution >= 0.6 is 0 Å². The summed E-state index contributed by atoms with van der Waals surface area (Å²) in [5.41, 5.74) is 5.73. The van der Waals surface area contributed by atoms with Crippen LogP contribution in [0.5, 0.6) is 5.75 Å². The smallest absolute Gasteiger partial charge is 0.406 e. The summed E-state index contributed by atoms with van der Waals surface area (Å²) in [6, 6.07) is 13.7. The van der Waals surface area contributed by atoms with Crippen LogP contribution in [0.25, 0.3) is 0 Å². The van der Waals surface area contributed by atoms with Crippen LogP contribution in [-0.2, 0) is 25.9 Å². The number of fused-ring (bicyclic) bond motifs is 1. The fraction of sp³-hybridized carbons (Fsp3) is 0.250. The van der Waals surface area contributed by atoms with Crippen LogP contribution in [0.3, 0.4) is 0 Å². The van der Waals surface area contributed by atoms with E-state index in [-0.39, 0.29) is 11.7 Å². The third-order valence-electron chi connectivity index (χ3n) is 5.29. The van der Waals surface area contributed by atoms with Crippen LogP contribution in [0.1, 0.15) is 38.2 Å². The minimum absolute atomic E-state index is 0.0538. The van der Waals surface area contributed by atoms with E-state index in [9.17, 15) is 18.0 Å². The van der Waals surface area contributed by atoms with Crippen LogP contribution in [0.4, 0.5) is 13.2 Å². The summed E-state index contributed by atoms with van der Waals surface area (Å²) in [6.45, 7) is 2.75. The van der Waals surface area contributed by atoms with Crippen molar-refractivity contribution >= 4 is 5.91 Å². The predicted molar refractivity (Wildman–Crippen MR) is 110 cm³/mol. The molecule has 7 heteroatoms. The molecule has 0 unspecified atom stereocenters. The lowest BCUT2D eigenvalue weighted by molar-refractivity contribution is -0.274. The van der Waals surface area contributed by atoms with Crippen LogP contribution in [0, 0.1) is 6.92 Å². The molecule has 1 aromatic heterocycles. The Kier molecular flexibility index (Phi) is 5.67. The van der Waals surface area contributed by atoms with E-state index in [2.05, 4.69) is 21.9 Å². The zero-order valence-corrected chi connectivity index (χ0v) is 16.9. The Morgan fingerprint density at radius 3 is 2.45 bits per heavy atom. The highest BCUT2D eigenvalue weighted by molar-refractivity contribution is 5.99. The van der Waals surface area contributed by atoms with Gasteiger partial charge < -0.3 is 9.64 Å². The largest absolute Gasteiger partial charge is 0.573 e. The lowest BCUT2D eigenvalue weighted by Crippen LogP contribution is -2.23. The van der Waals surface area contributed by atoms with Gasteiger partial charge in [-0.15, -0.1) is 13.2 Å². The summed E-state index contributed by atoms with van der Waals surface area (Å²) in [7, 11) is 0. The molecule has 0 atom stereocenters. The van der Waals surface area contributed by atoms with Crippen molar-refractivity contribution in [1.29, 1.82) is 0 Å². The third kappa shape index (κ3) is 5.05. The highest BCUT2D eigenvalue weighted by Crippen LogP contribution is 2.30. The van der Waals surface area contributed by atoms with Crippen LogP contribution in [0.2, 0.25) is 0 Å². The quantitative estimate of drug-likeness (QED) is 0.542. The van der Waals surface area contributed by atoms with Crippen molar-refractivity contribution in [1.82, 2.24) is 9.88 Å². The number of halogens is 3. The van der Waals surface area contributed by atoms with Gasteiger partial charge in [-0.05, 0) is 65.8 Å². The lowest BCUT2D eigenvalue weighted by atomic mass is 9.97. The number of pyridine rings is 1. The summed E-state index contributed by atoms with van der Waals surface area (Å²) in [4.78, 5) is 18.8. The molecule has 160 valence electrons. The maximum atomic E-state index is 12.9. The number of benzene rings is 2. The summed E-state index contributed by atoms with van der Waals surface area (Å²) in [5.74, 6) is -0.330. The number of rotatable bonds is 6. The number of amides is 1. The molecule has 31 heavy (non-hydrogen) atoms. The van der Waals surface area contributed by atoms with Crippen molar-refractivity contribution in [3.8, 4) is 5.75 Å². The summed E-state index contributed by atoms with van der Waals surface area (Å²) < 4.78 is 40.8. The van der Waals surface area contributed by atoms with Gasteiger partial charge in [-0.2, -0.15) is 0 Å².